The highest BCUT2D eigenvalue weighted by Gasteiger charge is 2.21. The minimum Gasteiger partial charge on any atom is -0.316 e. The first kappa shape index (κ1) is 8.62. The fourth-order valence-electron chi connectivity index (χ4n) is 1.37. The van der Waals surface area contributed by atoms with E-state index in [1.165, 1.54) is 6.42 Å². The maximum Gasteiger partial charge on any atom is 0.103 e. The van der Waals surface area contributed by atoms with Gasteiger partial charge in [0.05, 0.1) is 5.71 Å². The van der Waals surface area contributed by atoms with Crippen molar-refractivity contribution in [1.82, 2.24) is 5.32 Å². The van der Waals surface area contributed by atoms with Crippen LogP contribution in [-0.2, 0) is 0 Å². The van der Waals surface area contributed by atoms with Gasteiger partial charge in [-0.3, -0.25) is 0 Å². The molecule has 0 aromatic rings. The standard InChI is InChI=1S/C6H10N4.ClH/c1-2-7-3-5(1)6-4-8-10-9-6;/h5,7H,1-4H2;1H. The maximum atomic E-state index is 3.95. The summed E-state index contributed by atoms with van der Waals surface area (Å²) >= 11 is 0. The highest BCUT2D eigenvalue weighted by atomic mass is 35.5. The molecule has 2 heterocycles. The fraction of sp³-hybridized carbons (Fsp3) is 0.833. The lowest BCUT2D eigenvalue weighted by atomic mass is 10.0. The van der Waals surface area contributed by atoms with E-state index in [1.807, 2.05) is 0 Å². The zero-order chi connectivity index (χ0) is 6.81. The molecule has 4 nitrogen and oxygen atoms in total. The smallest absolute Gasteiger partial charge is 0.103 e. The van der Waals surface area contributed by atoms with Crippen LogP contribution in [0.4, 0.5) is 0 Å². The molecule has 0 aliphatic carbocycles. The normalized spacial score (nSPS) is 28.4. The molecular formula is C6H11ClN4. The average molecular weight is 175 g/mol. The van der Waals surface area contributed by atoms with Crippen LogP contribution in [0.1, 0.15) is 6.42 Å². The van der Waals surface area contributed by atoms with Gasteiger partial charge in [-0.25, -0.2) is 0 Å². The van der Waals surface area contributed by atoms with Crippen LogP contribution < -0.4 is 5.32 Å². The van der Waals surface area contributed by atoms with Crippen molar-refractivity contribution >= 4 is 18.1 Å². The zero-order valence-electron chi connectivity index (χ0n) is 6.16. The largest absolute Gasteiger partial charge is 0.316 e. The van der Waals surface area contributed by atoms with Gasteiger partial charge in [0.15, 0.2) is 0 Å². The second-order valence-corrected chi connectivity index (χ2v) is 2.67. The summed E-state index contributed by atoms with van der Waals surface area (Å²) in [5, 5.41) is 14.6. The summed E-state index contributed by atoms with van der Waals surface area (Å²) in [6, 6.07) is 0. The number of rotatable bonds is 1. The van der Waals surface area contributed by atoms with Crippen molar-refractivity contribution in [2.75, 3.05) is 19.6 Å². The van der Waals surface area contributed by atoms with Gasteiger partial charge in [-0.1, -0.05) is 0 Å². The van der Waals surface area contributed by atoms with E-state index in [4.69, 9.17) is 0 Å². The molecule has 1 saturated heterocycles. The Balaban J connectivity index is 0.000000605. The van der Waals surface area contributed by atoms with E-state index in [2.05, 4.69) is 20.8 Å². The molecular weight excluding hydrogens is 164 g/mol. The topological polar surface area (TPSA) is 49.1 Å². The van der Waals surface area contributed by atoms with Crippen molar-refractivity contribution in [1.29, 1.82) is 0 Å². The summed E-state index contributed by atoms with van der Waals surface area (Å²) in [5.74, 6) is 0.606. The monoisotopic (exact) mass is 174 g/mol. The number of hydrogen-bond acceptors (Lipinski definition) is 4. The lowest BCUT2D eigenvalue weighted by molar-refractivity contribution is 0.764. The van der Waals surface area contributed by atoms with Gasteiger partial charge in [0.25, 0.3) is 0 Å². The molecule has 1 unspecified atom stereocenters. The Hall–Kier alpha value is -0.480. The Kier molecular flexibility index (Phi) is 2.96. The van der Waals surface area contributed by atoms with Crippen molar-refractivity contribution in [3.63, 3.8) is 0 Å². The van der Waals surface area contributed by atoms with Crippen molar-refractivity contribution in [2.24, 2.45) is 21.4 Å². The summed E-state index contributed by atoms with van der Waals surface area (Å²) in [5.41, 5.74) is 1.16. The molecule has 1 N–H and O–H groups in total. The van der Waals surface area contributed by atoms with E-state index in [-0.39, 0.29) is 12.4 Å². The molecule has 0 aromatic heterocycles. The van der Waals surface area contributed by atoms with Crippen molar-refractivity contribution in [3.05, 3.63) is 0 Å². The maximum absolute atomic E-state index is 3.95. The molecule has 5 heteroatoms. The minimum absolute atomic E-state index is 0. The van der Waals surface area contributed by atoms with Crippen LogP contribution in [0.2, 0.25) is 0 Å². The average Bonchev–Trinajstić information content (AvgIpc) is 2.59. The third-order valence-electron chi connectivity index (χ3n) is 2.00. The molecule has 2 aliphatic heterocycles. The van der Waals surface area contributed by atoms with Crippen LogP contribution in [-0.4, -0.2) is 25.3 Å². The number of hydrogen-bond donors (Lipinski definition) is 1. The lowest BCUT2D eigenvalue weighted by Gasteiger charge is -2.03. The van der Waals surface area contributed by atoms with E-state index in [0.29, 0.717) is 5.92 Å². The van der Waals surface area contributed by atoms with Gasteiger partial charge in [0.1, 0.15) is 6.54 Å². The van der Waals surface area contributed by atoms with Gasteiger partial charge in [0.2, 0.25) is 0 Å². The van der Waals surface area contributed by atoms with Gasteiger partial charge in [-0.15, -0.1) is 17.5 Å². The zero-order valence-corrected chi connectivity index (χ0v) is 6.97. The Morgan fingerprint density at radius 2 is 2.36 bits per heavy atom. The van der Waals surface area contributed by atoms with Crippen molar-refractivity contribution in [2.45, 2.75) is 6.42 Å². The van der Waals surface area contributed by atoms with Crippen LogP contribution in [0, 0.1) is 5.92 Å². The molecule has 1 fully saturated rings. The highest BCUT2D eigenvalue weighted by molar-refractivity contribution is 5.89. The molecule has 0 amide bonds. The van der Waals surface area contributed by atoms with E-state index in [9.17, 15) is 0 Å². The molecule has 0 aromatic carbocycles. The Morgan fingerprint density at radius 3 is 2.91 bits per heavy atom. The number of nitrogens with one attached hydrogen (secondary N) is 1. The number of halogens is 1. The van der Waals surface area contributed by atoms with E-state index < -0.39 is 0 Å². The van der Waals surface area contributed by atoms with Gasteiger partial charge in [-0.05, 0) is 18.2 Å². The fourth-order valence-corrected chi connectivity index (χ4v) is 1.37. The molecule has 0 bridgehead atoms. The lowest BCUT2D eigenvalue weighted by Crippen LogP contribution is -2.18. The van der Waals surface area contributed by atoms with Crippen molar-refractivity contribution < 1.29 is 0 Å². The summed E-state index contributed by atoms with van der Waals surface area (Å²) in [4.78, 5) is 0. The first-order chi connectivity index (χ1) is 4.97. The summed E-state index contributed by atoms with van der Waals surface area (Å²) in [6.45, 7) is 2.90. The summed E-state index contributed by atoms with van der Waals surface area (Å²) in [7, 11) is 0. The first-order valence-electron chi connectivity index (χ1n) is 3.61. The first-order valence-corrected chi connectivity index (χ1v) is 3.61. The SMILES string of the molecule is C1CC(C2=NN=NC2)CN1.Cl. The predicted octanol–water partition coefficient (Wildman–Crippen LogP) is 0.839. The van der Waals surface area contributed by atoms with Gasteiger partial charge in [-0.2, -0.15) is 5.11 Å². The molecule has 1 atom stereocenters. The van der Waals surface area contributed by atoms with E-state index in [1.54, 1.807) is 0 Å². The van der Waals surface area contributed by atoms with Crippen LogP contribution in [0.3, 0.4) is 0 Å². The Bertz CT molecular complexity index is 183. The van der Waals surface area contributed by atoms with Crippen LogP contribution in [0.5, 0.6) is 0 Å². The van der Waals surface area contributed by atoms with Gasteiger partial charge >= 0.3 is 0 Å². The molecule has 0 saturated carbocycles. The molecule has 0 radical (unpaired) electrons. The van der Waals surface area contributed by atoms with Crippen LogP contribution in [0.25, 0.3) is 0 Å². The predicted molar refractivity (Wildman–Crippen MR) is 45.4 cm³/mol. The Morgan fingerprint density at radius 1 is 1.45 bits per heavy atom. The minimum atomic E-state index is 0. The van der Waals surface area contributed by atoms with Crippen LogP contribution in [0.15, 0.2) is 15.4 Å². The summed E-state index contributed by atoms with van der Waals surface area (Å²) < 4.78 is 0. The van der Waals surface area contributed by atoms with Gasteiger partial charge in [0, 0.05) is 12.5 Å². The Labute approximate surface area is 71.6 Å². The molecule has 62 valence electrons. The molecule has 2 aliphatic rings. The quantitative estimate of drug-likeness (QED) is 0.629. The third kappa shape index (κ3) is 1.75. The number of nitrogens with zero attached hydrogens (tertiary/aromatic N) is 3. The highest BCUT2D eigenvalue weighted by Crippen LogP contribution is 2.13. The molecule has 11 heavy (non-hydrogen) atoms. The van der Waals surface area contributed by atoms with E-state index in [0.717, 1.165) is 25.3 Å². The van der Waals surface area contributed by atoms with E-state index >= 15 is 0 Å². The second-order valence-electron chi connectivity index (χ2n) is 2.67. The second kappa shape index (κ2) is 3.78. The molecule has 2 rings (SSSR count). The van der Waals surface area contributed by atoms with Crippen molar-refractivity contribution in [3.8, 4) is 0 Å². The third-order valence-corrected chi connectivity index (χ3v) is 2.00. The summed E-state index contributed by atoms with van der Waals surface area (Å²) in [6.07, 6.45) is 1.20. The van der Waals surface area contributed by atoms with Crippen LogP contribution >= 0.6 is 12.4 Å². The van der Waals surface area contributed by atoms with Gasteiger partial charge < -0.3 is 5.32 Å². The molecule has 0 spiro atoms.